The van der Waals surface area contributed by atoms with Crippen molar-refractivity contribution in [2.24, 2.45) is 0 Å². The van der Waals surface area contributed by atoms with Crippen molar-refractivity contribution in [3.8, 4) is 0 Å². The molecule has 0 saturated heterocycles. The molecule has 0 spiro atoms. The van der Waals surface area contributed by atoms with Gasteiger partial charge < -0.3 is 19.2 Å². The Morgan fingerprint density at radius 1 is 1.14 bits per heavy atom. The van der Waals surface area contributed by atoms with Gasteiger partial charge in [-0.1, -0.05) is 0 Å². The first-order chi connectivity index (χ1) is 9.94. The fraction of sp³-hybridized carbons (Fsp3) is 0.692. The number of rotatable bonds is 10. The fourth-order valence-electron chi connectivity index (χ4n) is 2.01. The highest BCUT2D eigenvalue weighted by Gasteiger charge is 2.26. The van der Waals surface area contributed by atoms with Crippen molar-refractivity contribution in [3.05, 3.63) is 17.1 Å². The predicted molar refractivity (Wildman–Crippen MR) is 78.8 cm³/mol. The SMILES string of the molecule is CNCc1c(C)oc(C)c1S(=O)(=O)NCCOCCOC. The molecule has 1 aromatic rings. The minimum Gasteiger partial charge on any atom is -0.465 e. The van der Waals surface area contributed by atoms with Gasteiger partial charge >= 0.3 is 0 Å². The molecule has 0 saturated carbocycles. The number of methoxy groups -OCH3 is 1. The van der Waals surface area contributed by atoms with Crippen LogP contribution in [0.3, 0.4) is 0 Å². The molecule has 2 N–H and O–H groups in total. The molecule has 1 rings (SSSR count). The first-order valence-corrected chi connectivity index (χ1v) is 8.22. The lowest BCUT2D eigenvalue weighted by molar-refractivity contribution is 0.0736. The van der Waals surface area contributed by atoms with Gasteiger partial charge in [-0.3, -0.25) is 0 Å². The monoisotopic (exact) mass is 320 g/mol. The van der Waals surface area contributed by atoms with Gasteiger partial charge in [0.15, 0.2) is 0 Å². The van der Waals surface area contributed by atoms with E-state index < -0.39 is 10.0 Å². The summed E-state index contributed by atoms with van der Waals surface area (Å²) in [6.07, 6.45) is 0. The second kappa shape index (κ2) is 8.50. The zero-order chi connectivity index (χ0) is 15.9. The molecule has 0 aliphatic rings. The van der Waals surface area contributed by atoms with Gasteiger partial charge in [0.25, 0.3) is 0 Å². The van der Waals surface area contributed by atoms with E-state index in [9.17, 15) is 8.42 Å². The fourth-order valence-corrected chi connectivity index (χ4v) is 3.46. The van der Waals surface area contributed by atoms with Crippen LogP contribution < -0.4 is 10.0 Å². The van der Waals surface area contributed by atoms with Gasteiger partial charge in [-0.05, 0) is 20.9 Å². The Labute approximate surface area is 126 Å². The predicted octanol–water partition coefficient (Wildman–Crippen LogP) is 0.557. The molecule has 0 unspecified atom stereocenters. The smallest absolute Gasteiger partial charge is 0.244 e. The molecule has 0 aromatic carbocycles. The lowest BCUT2D eigenvalue weighted by Gasteiger charge is -2.09. The summed E-state index contributed by atoms with van der Waals surface area (Å²) in [7, 11) is -0.269. The zero-order valence-corrected chi connectivity index (χ0v) is 13.8. The van der Waals surface area contributed by atoms with Crippen LogP contribution in [0.5, 0.6) is 0 Å². The van der Waals surface area contributed by atoms with E-state index in [2.05, 4.69) is 10.0 Å². The Hall–Kier alpha value is -0.930. The lowest BCUT2D eigenvalue weighted by atomic mass is 10.2. The Bertz CT molecular complexity index is 539. The largest absolute Gasteiger partial charge is 0.465 e. The molecule has 0 radical (unpaired) electrons. The highest BCUT2D eigenvalue weighted by Crippen LogP contribution is 2.26. The highest BCUT2D eigenvalue weighted by molar-refractivity contribution is 7.89. The van der Waals surface area contributed by atoms with Crippen molar-refractivity contribution in [2.45, 2.75) is 25.3 Å². The van der Waals surface area contributed by atoms with Crippen LogP contribution >= 0.6 is 0 Å². The summed E-state index contributed by atoms with van der Waals surface area (Å²) in [5, 5.41) is 2.95. The van der Waals surface area contributed by atoms with Crippen molar-refractivity contribution in [1.82, 2.24) is 10.0 Å². The average Bonchev–Trinajstić information content (AvgIpc) is 2.69. The van der Waals surface area contributed by atoms with Crippen LogP contribution in [0.15, 0.2) is 9.31 Å². The van der Waals surface area contributed by atoms with Gasteiger partial charge in [-0.15, -0.1) is 0 Å². The van der Waals surface area contributed by atoms with Crippen LogP contribution in [0.4, 0.5) is 0 Å². The van der Waals surface area contributed by atoms with Gasteiger partial charge in [-0.25, -0.2) is 13.1 Å². The van der Waals surface area contributed by atoms with E-state index in [1.165, 1.54) is 0 Å². The minimum atomic E-state index is -3.61. The van der Waals surface area contributed by atoms with E-state index in [1.807, 2.05) is 0 Å². The summed E-state index contributed by atoms with van der Waals surface area (Å²) in [6.45, 7) is 5.26. The first kappa shape index (κ1) is 18.1. The molecule has 1 aromatic heterocycles. The van der Waals surface area contributed by atoms with Crippen molar-refractivity contribution in [2.75, 3.05) is 40.5 Å². The van der Waals surface area contributed by atoms with Crippen LogP contribution in [0.25, 0.3) is 0 Å². The third-order valence-electron chi connectivity index (χ3n) is 2.92. The van der Waals surface area contributed by atoms with Crippen molar-refractivity contribution >= 4 is 10.0 Å². The lowest BCUT2D eigenvalue weighted by Crippen LogP contribution is -2.29. The minimum absolute atomic E-state index is 0.203. The van der Waals surface area contributed by atoms with Crippen molar-refractivity contribution < 1.29 is 22.3 Å². The molecule has 0 amide bonds. The van der Waals surface area contributed by atoms with E-state index in [1.54, 1.807) is 28.0 Å². The van der Waals surface area contributed by atoms with E-state index in [0.717, 1.165) is 0 Å². The van der Waals surface area contributed by atoms with Crippen LogP contribution in [-0.2, 0) is 26.0 Å². The normalized spacial score (nSPS) is 12.0. The summed E-state index contributed by atoms with van der Waals surface area (Å²) in [6, 6.07) is 0. The molecule has 8 heteroatoms. The second-order valence-corrected chi connectivity index (χ2v) is 6.26. The van der Waals surface area contributed by atoms with Gasteiger partial charge in [0, 0.05) is 25.8 Å². The van der Waals surface area contributed by atoms with Crippen molar-refractivity contribution in [1.29, 1.82) is 0 Å². The van der Waals surface area contributed by atoms with E-state index in [0.29, 0.717) is 43.4 Å². The Morgan fingerprint density at radius 3 is 2.48 bits per heavy atom. The first-order valence-electron chi connectivity index (χ1n) is 6.73. The number of nitrogens with one attached hydrogen (secondary N) is 2. The topological polar surface area (TPSA) is 89.8 Å². The standard InChI is InChI=1S/C13H24N2O5S/c1-10-12(9-14-3)13(11(2)20-10)21(16,17)15-5-6-19-8-7-18-4/h14-15H,5-9H2,1-4H3. The van der Waals surface area contributed by atoms with Crippen LogP contribution in [0.2, 0.25) is 0 Å². The molecule has 0 bridgehead atoms. The van der Waals surface area contributed by atoms with Gasteiger partial charge in [0.05, 0.1) is 19.8 Å². The van der Waals surface area contributed by atoms with Crippen LogP contribution in [0, 0.1) is 13.8 Å². The van der Waals surface area contributed by atoms with Crippen molar-refractivity contribution in [3.63, 3.8) is 0 Å². The Balaban J connectivity index is 2.70. The summed E-state index contributed by atoms with van der Waals surface area (Å²) >= 11 is 0. The average molecular weight is 320 g/mol. The number of aryl methyl sites for hydroxylation is 2. The van der Waals surface area contributed by atoms with E-state index in [-0.39, 0.29) is 11.4 Å². The third-order valence-corrected chi connectivity index (χ3v) is 4.57. The summed E-state index contributed by atoms with van der Waals surface area (Å²) < 4.78 is 42.8. The highest BCUT2D eigenvalue weighted by atomic mass is 32.2. The molecule has 21 heavy (non-hydrogen) atoms. The molecular weight excluding hydrogens is 296 g/mol. The molecule has 1 heterocycles. The number of hydrogen-bond acceptors (Lipinski definition) is 6. The molecule has 122 valence electrons. The van der Waals surface area contributed by atoms with Gasteiger partial charge in [0.1, 0.15) is 16.4 Å². The molecule has 0 fully saturated rings. The summed E-state index contributed by atoms with van der Waals surface area (Å²) in [5.41, 5.74) is 0.655. The zero-order valence-electron chi connectivity index (χ0n) is 13.0. The molecule has 7 nitrogen and oxygen atoms in total. The quantitative estimate of drug-likeness (QED) is 0.612. The van der Waals surface area contributed by atoms with Crippen LogP contribution in [0.1, 0.15) is 17.1 Å². The maximum Gasteiger partial charge on any atom is 0.244 e. The molecular formula is C13H24N2O5S. The maximum atomic E-state index is 12.4. The number of furan rings is 1. The molecule has 0 aliphatic heterocycles. The molecule has 0 atom stereocenters. The number of hydrogen-bond donors (Lipinski definition) is 2. The van der Waals surface area contributed by atoms with Gasteiger partial charge in [-0.2, -0.15) is 0 Å². The Kier molecular flexibility index (Phi) is 7.33. The van der Waals surface area contributed by atoms with E-state index >= 15 is 0 Å². The van der Waals surface area contributed by atoms with Crippen LogP contribution in [-0.4, -0.2) is 48.9 Å². The summed E-state index contributed by atoms with van der Waals surface area (Å²) in [4.78, 5) is 0.214. The molecule has 0 aliphatic carbocycles. The third kappa shape index (κ3) is 5.08. The number of sulfonamides is 1. The maximum absolute atomic E-state index is 12.4. The van der Waals surface area contributed by atoms with E-state index in [4.69, 9.17) is 13.9 Å². The Morgan fingerprint density at radius 2 is 1.86 bits per heavy atom. The number of ether oxygens (including phenoxy) is 2. The second-order valence-electron chi connectivity index (χ2n) is 4.56. The van der Waals surface area contributed by atoms with Gasteiger partial charge in [0.2, 0.25) is 10.0 Å². The summed E-state index contributed by atoms with van der Waals surface area (Å²) in [5.74, 6) is 1.00.